The third kappa shape index (κ3) is 4.50. The maximum Gasteiger partial charge on any atom is 0.318 e. The lowest BCUT2D eigenvalue weighted by Crippen LogP contribution is -2.39. The fourth-order valence-electron chi connectivity index (χ4n) is 1.60. The number of rotatable bonds is 3. The van der Waals surface area contributed by atoms with E-state index in [0.29, 0.717) is 17.2 Å². The number of aryl methyl sites for hydroxylation is 1. The summed E-state index contributed by atoms with van der Waals surface area (Å²) >= 11 is 0. The van der Waals surface area contributed by atoms with Crippen molar-refractivity contribution in [3.8, 4) is 11.5 Å². The minimum atomic E-state index is -0.760. The summed E-state index contributed by atoms with van der Waals surface area (Å²) < 4.78 is 5.67. The molecule has 0 radical (unpaired) electrons. The molecule has 0 spiro atoms. The fourth-order valence-corrected chi connectivity index (χ4v) is 1.60. The summed E-state index contributed by atoms with van der Waals surface area (Å²) in [6, 6.07) is 9.74. The molecule has 7 nitrogen and oxygen atoms in total. The number of pyridine rings is 1. The molecule has 1 aromatic carbocycles. The molecule has 5 N–H and O–H groups in total. The van der Waals surface area contributed by atoms with Gasteiger partial charge in [-0.1, -0.05) is 0 Å². The van der Waals surface area contributed by atoms with E-state index in [4.69, 9.17) is 16.2 Å². The number of benzene rings is 1. The van der Waals surface area contributed by atoms with Crippen LogP contribution < -0.4 is 21.5 Å². The van der Waals surface area contributed by atoms with Crippen molar-refractivity contribution in [1.82, 2.24) is 10.3 Å². The van der Waals surface area contributed by atoms with Crippen LogP contribution in [0.4, 0.5) is 10.5 Å². The second kappa shape index (κ2) is 6.38. The number of ether oxygens (including phenoxy) is 1. The Morgan fingerprint density at radius 1 is 1.19 bits per heavy atom. The van der Waals surface area contributed by atoms with Crippen molar-refractivity contribution in [3.05, 3.63) is 48.3 Å². The Kier molecular flexibility index (Phi) is 4.35. The van der Waals surface area contributed by atoms with E-state index in [9.17, 15) is 4.79 Å². The molecule has 0 aliphatic heterocycles. The van der Waals surface area contributed by atoms with E-state index < -0.39 is 6.03 Å². The Morgan fingerprint density at radius 2 is 1.90 bits per heavy atom. The lowest BCUT2D eigenvalue weighted by molar-refractivity contribution is 0.253. The predicted molar refractivity (Wildman–Crippen MR) is 79.5 cm³/mol. The Bertz CT molecular complexity index is 667. The number of amides is 2. The van der Waals surface area contributed by atoms with Crippen molar-refractivity contribution in [2.24, 2.45) is 16.5 Å². The summed E-state index contributed by atoms with van der Waals surface area (Å²) in [6.45, 7) is 1.89. The standard InChI is InChI=1S/C14H15N5O2/c1-9-8-12(6-7-17-9)21-11-4-2-10(3-5-11)18-13(15)19-14(16)20/h2-8H,1H3,(H5,15,16,18,19,20). The van der Waals surface area contributed by atoms with Crippen LogP contribution in [0.2, 0.25) is 0 Å². The number of guanidine groups is 1. The van der Waals surface area contributed by atoms with Gasteiger partial charge in [-0.15, -0.1) is 0 Å². The van der Waals surface area contributed by atoms with Gasteiger partial charge in [0.2, 0.25) is 5.96 Å². The lowest BCUT2D eigenvalue weighted by atomic mass is 10.3. The van der Waals surface area contributed by atoms with Gasteiger partial charge in [0.25, 0.3) is 0 Å². The van der Waals surface area contributed by atoms with Gasteiger partial charge in [-0.3, -0.25) is 10.3 Å². The number of nitrogens with one attached hydrogen (secondary N) is 1. The number of hydrogen-bond donors (Lipinski definition) is 3. The smallest absolute Gasteiger partial charge is 0.318 e. The molecule has 0 unspecified atom stereocenters. The molecule has 2 aromatic rings. The minimum absolute atomic E-state index is 0.0686. The third-order valence-corrected chi connectivity index (χ3v) is 2.44. The summed E-state index contributed by atoms with van der Waals surface area (Å²) in [5.41, 5.74) is 11.9. The fraction of sp³-hybridized carbons (Fsp3) is 0.0714. The van der Waals surface area contributed by atoms with E-state index in [2.05, 4.69) is 15.3 Å². The summed E-state index contributed by atoms with van der Waals surface area (Å²) in [4.78, 5) is 18.7. The monoisotopic (exact) mass is 285 g/mol. The van der Waals surface area contributed by atoms with Crippen LogP contribution in [0.15, 0.2) is 47.6 Å². The average Bonchev–Trinajstić information content (AvgIpc) is 2.40. The zero-order chi connectivity index (χ0) is 15.2. The average molecular weight is 285 g/mol. The van der Waals surface area contributed by atoms with E-state index in [0.717, 1.165) is 5.69 Å². The predicted octanol–water partition coefficient (Wildman–Crippen LogP) is 1.80. The number of urea groups is 1. The van der Waals surface area contributed by atoms with E-state index in [1.54, 1.807) is 36.5 Å². The van der Waals surface area contributed by atoms with E-state index in [1.165, 1.54) is 0 Å². The van der Waals surface area contributed by atoms with Crippen LogP contribution in [0.1, 0.15) is 5.69 Å². The van der Waals surface area contributed by atoms with Gasteiger partial charge in [0.15, 0.2) is 0 Å². The molecule has 0 aliphatic rings. The molecule has 0 fully saturated rings. The highest BCUT2D eigenvalue weighted by atomic mass is 16.5. The normalized spacial score (nSPS) is 11.0. The molecule has 0 saturated carbocycles. The molecule has 7 heteroatoms. The first-order chi connectivity index (χ1) is 10.0. The summed E-state index contributed by atoms with van der Waals surface area (Å²) in [6.07, 6.45) is 1.68. The summed E-state index contributed by atoms with van der Waals surface area (Å²) in [5.74, 6) is 1.29. The number of carbonyl (C=O) groups is 1. The second-order valence-corrected chi connectivity index (χ2v) is 4.22. The molecule has 0 bridgehead atoms. The molecular formula is C14H15N5O2. The maximum atomic E-state index is 10.6. The van der Waals surface area contributed by atoms with Crippen LogP contribution in [0.5, 0.6) is 11.5 Å². The molecule has 0 aliphatic carbocycles. The second-order valence-electron chi connectivity index (χ2n) is 4.22. The summed E-state index contributed by atoms with van der Waals surface area (Å²) in [7, 11) is 0. The summed E-state index contributed by atoms with van der Waals surface area (Å²) in [5, 5.41) is 2.18. The molecule has 1 aromatic heterocycles. The molecule has 108 valence electrons. The highest BCUT2D eigenvalue weighted by molar-refractivity contribution is 5.95. The number of hydrogen-bond acceptors (Lipinski definition) is 4. The molecule has 21 heavy (non-hydrogen) atoms. The number of primary amides is 1. The first-order valence-electron chi connectivity index (χ1n) is 6.14. The highest BCUT2D eigenvalue weighted by Crippen LogP contribution is 2.23. The number of nitrogens with two attached hydrogens (primary N) is 2. The molecular weight excluding hydrogens is 270 g/mol. The van der Waals surface area contributed by atoms with Crippen molar-refractivity contribution >= 4 is 17.7 Å². The SMILES string of the molecule is Cc1cc(Oc2ccc(N=C(N)NC(N)=O)cc2)ccn1. The van der Waals surface area contributed by atoms with Crippen LogP contribution in [0.3, 0.4) is 0 Å². The van der Waals surface area contributed by atoms with Crippen LogP contribution in [0.25, 0.3) is 0 Å². The highest BCUT2D eigenvalue weighted by Gasteiger charge is 2.00. The van der Waals surface area contributed by atoms with Crippen molar-refractivity contribution < 1.29 is 9.53 Å². The first kappa shape index (κ1) is 14.3. The van der Waals surface area contributed by atoms with Crippen LogP contribution in [-0.2, 0) is 0 Å². The topological polar surface area (TPSA) is 116 Å². The largest absolute Gasteiger partial charge is 0.457 e. The van der Waals surface area contributed by atoms with Gasteiger partial charge < -0.3 is 16.2 Å². The molecule has 0 atom stereocenters. The Morgan fingerprint density at radius 3 is 2.52 bits per heavy atom. The van der Waals surface area contributed by atoms with E-state index >= 15 is 0 Å². The maximum absolute atomic E-state index is 10.6. The molecule has 2 amide bonds. The van der Waals surface area contributed by atoms with Crippen LogP contribution in [0, 0.1) is 6.92 Å². The number of carbonyl (C=O) groups excluding carboxylic acids is 1. The number of aromatic nitrogens is 1. The quantitative estimate of drug-likeness (QED) is 0.589. The van der Waals surface area contributed by atoms with Crippen molar-refractivity contribution in [1.29, 1.82) is 0 Å². The van der Waals surface area contributed by atoms with Gasteiger partial charge >= 0.3 is 6.03 Å². The van der Waals surface area contributed by atoms with Gasteiger partial charge in [0.1, 0.15) is 11.5 Å². The minimum Gasteiger partial charge on any atom is -0.457 e. The first-order valence-corrected chi connectivity index (χ1v) is 6.14. The lowest BCUT2D eigenvalue weighted by Gasteiger charge is -2.06. The van der Waals surface area contributed by atoms with Crippen molar-refractivity contribution in [3.63, 3.8) is 0 Å². The molecule has 2 rings (SSSR count). The Balaban J connectivity index is 2.07. The van der Waals surface area contributed by atoms with Gasteiger partial charge in [0, 0.05) is 18.0 Å². The van der Waals surface area contributed by atoms with Gasteiger partial charge in [-0.2, -0.15) is 0 Å². The molecule has 0 saturated heterocycles. The van der Waals surface area contributed by atoms with Crippen LogP contribution in [-0.4, -0.2) is 17.0 Å². The third-order valence-electron chi connectivity index (χ3n) is 2.44. The van der Waals surface area contributed by atoms with Gasteiger partial charge in [-0.25, -0.2) is 9.79 Å². The zero-order valence-electron chi connectivity index (χ0n) is 11.4. The van der Waals surface area contributed by atoms with E-state index in [1.807, 2.05) is 13.0 Å². The Hall–Kier alpha value is -3.09. The van der Waals surface area contributed by atoms with Crippen molar-refractivity contribution in [2.45, 2.75) is 6.92 Å². The van der Waals surface area contributed by atoms with E-state index in [-0.39, 0.29) is 5.96 Å². The van der Waals surface area contributed by atoms with Gasteiger partial charge in [0.05, 0.1) is 5.69 Å². The Labute approximate surface area is 121 Å². The molecule has 1 heterocycles. The zero-order valence-corrected chi connectivity index (χ0v) is 11.4. The number of aliphatic imine (C=N–C) groups is 1. The van der Waals surface area contributed by atoms with Gasteiger partial charge in [-0.05, 0) is 37.3 Å². The van der Waals surface area contributed by atoms with Crippen LogP contribution >= 0.6 is 0 Å². The van der Waals surface area contributed by atoms with Crippen molar-refractivity contribution in [2.75, 3.05) is 0 Å². The number of nitrogens with zero attached hydrogens (tertiary/aromatic N) is 2.